The molecule has 0 aliphatic carbocycles. The highest BCUT2D eigenvalue weighted by Gasteiger charge is 2.22. The molecule has 1 fully saturated rings. The average molecular weight is 672 g/mol. The number of alkyl carbamates (subject to hydrolysis) is 1. The number of rotatable bonds is 8. The lowest BCUT2D eigenvalue weighted by atomic mass is 9.99. The molecule has 5 amide bonds. The number of ether oxygens (including phenoxy) is 1. The molecule has 2 aromatic carbocycles. The molecule has 2 aliphatic heterocycles. The van der Waals surface area contributed by atoms with Crippen LogP contribution in [-0.4, -0.2) is 78.3 Å². The SMILES string of the molecule is CCNC(=O)OC(C)(C)C.Cc1cc(NC(=O)CNC=O)ccc1Cl.O=C(CCC(=O)N1CCc2ccccc2C1)N1CCCCC1. The van der Waals surface area contributed by atoms with Crippen molar-refractivity contribution in [1.82, 2.24) is 20.4 Å². The number of hydrogen-bond donors (Lipinski definition) is 3. The normalized spacial score (nSPS) is 13.7. The summed E-state index contributed by atoms with van der Waals surface area (Å²) in [6, 6.07) is 13.5. The zero-order valence-electron chi connectivity index (χ0n) is 28.3. The molecule has 0 spiro atoms. The van der Waals surface area contributed by atoms with Crippen LogP contribution in [0.2, 0.25) is 5.02 Å². The Balaban J connectivity index is 0.000000268. The van der Waals surface area contributed by atoms with Crippen molar-refractivity contribution < 1.29 is 28.7 Å². The van der Waals surface area contributed by atoms with Gasteiger partial charge in [0.15, 0.2) is 0 Å². The lowest BCUT2D eigenvalue weighted by molar-refractivity contribution is -0.138. The van der Waals surface area contributed by atoms with E-state index in [0.29, 0.717) is 43.1 Å². The summed E-state index contributed by atoms with van der Waals surface area (Å²) in [4.78, 5) is 60.2. The van der Waals surface area contributed by atoms with E-state index in [4.69, 9.17) is 16.3 Å². The van der Waals surface area contributed by atoms with Crippen molar-refractivity contribution in [2.24, 2.45) is 0 Å². The Labute approximate surface area is 283 Å². The molecule has 0 saturated carbocycles. The minimum atomic E-state index is -0.390. The number of piperidine rings is 1. The Kier molecular flexibility index (Phi) is 16.8. The zero-order chi connectivity index (χ0) is 34.8. The van der Waals surface area contributed by atoms with Gasteiger partial charge < -0.3 is 30.5 Å². The van der Waals surface area contributed by atoms with Crippen molar-refractivity contribution in [2.45, 2.75) is 85.3 Å². The predicted octanol–water partition coefficient (Wildman–Crippen LogP) is 5.23. The third kappa shape index (κ3) is 15.3. The maximum absolute atomic E-state index is 12.4. The van der Waals surface area contributed by atoms with Crippen molar-refractivity contribution in [3.8, 4) is 0 Å². The Bertz CT molecular complexity index is 1340. The van der Waals surface area contributed by atoms with E-state index < -0.39 is 0 Å². The summed E-state index contributed by atoms with van der Waals surface area (Å²) in [6.45, 7) is 13.0. The number of amides is 5. The number of benzene rings is 2. The van der Waals surface area contributed by atoms with E-state index in [0.717, 1.165) is 44.5 Å². The fourth-order valence-corrected chi connectivity index (χ4v) is 5.02. The van der Waals surface area contributed by atoms with Crippen LogP contribution >= 0.6 is 11.6 Å². The van der Waals surface area contributed by atoms with Gasteiger partial charge in [0.2, 0.25) is 24.1 Å². The fourth-order valence-electron chi connectivity index (χ4n) is 4.90. The van der Waals surface area contributed by atoms with Crippen LogP contribution in [0.4, 0.5) is 10.5 Å². The highest BCUT2D eigenvalue weighted by atomic mass is 35.5. The number of hydrogen-bond acceptors (Lipinski definition) is 6. The van der Waals surface area contributed by atoms with Crippen molar-refractivity contribution in [3.05, 3.63) is 64.2 Å². The third-order valence-corrected chi connectivity index (χ3v) is 7.68. The lowest BCUT2D eigenvalue weighted by Crippen LogP contribution is -2.38. The first-order chi connectivity index (χ1) is 22.3. The largest absolute Gasteiger partial charge is 0.444 e. The van der Waals surface area contributed by atoms with Crippen molar-refractivity contribution in [3.63, 3.8) is 0 Å². The summed E-state index contributed by atoms with van der Waals surface area (Å²) >= 11 is 5.83. The quantitative estimate of drug-likeness (QED) is 0.329. The first kappa shape index (κ1) is 39.1. The molecule has 4 rings (SSSR count). The van der Waals surface area contributed by atoms with Gasteiger partial charge in [0.05, 0.1) is 6.54 Å². The van der Waals surface area contributed by atoms with Gasteiger partial charge in [-0.05, 0) is 95.2 Å². The highest BCUT2D eigenvalue weighted by Crippen LogP contribution is 2.20. The first-order valence-corrected chi connectivity index (χ1v) is 16.5. The molecule has 2 heterocycles. The number of fused-ring (bicyclic) bond motifs is 1. The molecule has 12 heteroatoms. The number of nitrogens with one attached hydrogen (secondary N) is 3. The second-order valence-electron chi connectivity index (χ2n) is 12.3. The molecule has 0 bridgehead atoms. The molecule has 0 aromatic heterocycles. The predicted molar refractivity (Wildman–Crippen MR) is 184 cm³/mol. The van der Waals surface area contributed by atoms with Crippen LogP contribution in [0.25, 0.3) is 0 Å². The minimum absolute atomic E-state index is 0.0365. The Morgan fingerprint density at radius 3 is 2.15 bits per heavy atom. The monoisotopic (exact) mass is 671 g/mol. The maximum atomic E-state index is 12.4. The van der Waals surface area contributed by atoms with Gasteiger partial charge in [0, 0.05) is 56.3 Å². The van der Waals surface area contributed by atoms with E-state index in [1.54, 1.807) is 18.2 Å². The van der Waals surface area contributed by atoms with Crippen LogP contribution in [0, 0.1) is 6.92 Å². The van der Waals surface area contributed by atoms with Crippen LogP contribution in [0.5, 0.6) is 0 Å². The second kappa shape index (κ2) is 20.2. The summed E-state index contributed by atoms with van der Waals surface area (Å²) < 4.78 is 4.93. The number of halogens is 1. The molecule has 0 atom stereocenters. The van der Waals surface area contributed by atoms with Gasteiger partial charge >= 0.3 is 6.09 Å². The standard InChI is InChI=1S/C18H24N2O2.C10H11ClN2O2.C7H15NO2/c21-17(19-11-4-1-5-12-19)8-9-18(22)20-13-10-15-6-2-3-7-16(15)14-20;1-7-4-8(2-3-9(7)11)13-10(15)5-12-6-14;1-5-8-6(9)10-7(2,3)4/h2-3,6-7H,1,4-5,8-14H2;2-4,6H,5H2,1H3,(H,12,14)(H,13,15);5H2,1-4H3,(H,8,9). The van der Waals surface area contributed by atoms with Crippen LogP contribution < -0.4 is 16.0 Å². The van der Waals surface area contributed by atoms with E-state index in [-0.39, 0.29) is 36.0 Å². The summed E-state index contributed by atoms with van der Waals surface area (Å²) in [5.41, 5.74) is 3.74. The Hall–Kier alpha value is -4.12. The molecule has 1 saturated heterocycles. The minimum Gasteiger partial charge on any atom is -0.444 e. The van der Waals surface area contributed by atoms with Gasteiger partial charge in [-0.1, -0.05) is 35.9 Å². The van der Waals surface area contributed by atoms with Gasteiger partial charge in [-0.2, -0.15) is 0 Å². The van der Waals surface area contributed by atoms with Crippen molar-refractivity contribution >= 4 is 47.5 Å². The lowest BCUT2D eigenvalue weighted by Gasteiger charge is -2.30. The number of aryl methyl sites for hydroxylation is 1. The highest BCUT2D eigenvalue weighted by molar-refractivity contribution is 6.31. The molecule has 0 unspecified atom stereocenters. The molecule has 2 aliphatic rings. The van der Waals surface area contributed by atoms with Gasteiger partial charge in [-0.3, -0.25) is 19.2 Å². The molecule has 11 nitrogen and oxygen atoms in total. The van der Waals surface area contributed by atoms with E-state index in [9.17, 15) is 24.0 Å². The van der Waals surface area contributed by atoms with Gasteiger partial charge in [0.25, 0.3) is 0 Å². The van der Waals surface area contributed by atoms with Crippen LogP contribution in [0.1, 0.15) is 76.5 Å². The third-order valence-electron chi connectivity index (χ3n) is 7.25. The van der Waals surface area contributed by atoms with E-state index in [1.165, 1.54) is 17.5 Å². The second-order valence-corrected chi connectivity index (χ2v) is 12.7. The average Bonchev–Trinajstić information content (AvgIpc) is 3.04. The number of carbonyl (C=O) groups is 5. The summed E-state index contributed by atoms with van der Waals surface area (Å²) in [5.74, 6) is -0.0193. The van der Waals surface area contributed by atoms with Gasteiger partial charge in [-0.25, -0.2) is 4.79 Å². The van der Waals surface area contributed by atoms with Gasteiger partial charge in [0.1, 0.15) is 5.60 Å². The molecule has 258 valence electrons. The fraction of sp³-hybridized carbons (Fsp3) is 0.514. The number of likely N-dealkylation sites (tertiary alicyclic amines) is 1. The molecule has 3 N–H and O–H groups in total. The van der Waals surface area contributed by atoms with Gasteiger partial charge in [-0.15, -0.1) is 0 Å². The molecular formula is C35H50ClN5O6. The number of carbonyl (C=O) groups excluding carboxylic acids is 5. The van der Waals surface area contributed by atoms with Crippen LogP contribution in [-0.2, 0) is 36.9 Å². The topological polar surface area (TPSA) is 137 Å². The molecule has 0 radical (unpaired) electrons. The van der Waals surface area contributed by atoms with Crippen molar-refractivity contribution in [1.29, 1.82) is 0 Å². The molecular weight excluding hydrogens is 622 g/mol. The number of anilines is 1. The van der Waals surface area contributed by atoms with E-state index in [1.807, 2.05) is 56.6 Å². The van der Waals surface area contributed by atoms with E-state index in [2.05, 4.69) is 28.1 Å². The Morgan fingerprint density at radius 2 is 1.55 bits per heavy atom. The summed E-state index contributed by atoms with van der Waals surface area (Å²) in [5, 5.41) is 8.09. The smallest absolute Gasteiger partial charge is 0.407 e. The maximum Gasteiger partial charge on any atom is 0.407 e. The molecule has 2 aromatic rings. The van der Waals surface area contributed by atoms with Crippen LogP contribution in [0.15, 0.2) is 42.5 Å². The van der Waals surface area contributed by atoms with Crippen molar-refractivity contribution in [2.75, 3.05) is 38.0 Å². The zero-order valence-corrected chi connectivity index (χ0v) is 29.1. The van der Waals surface area contributed by atoms with E-state index >= 15 is 0 Å². The molecule has 47 heavy (non-hydrogen) atoms. The first-order valence-electron chi connectivity index (χ1n) is 16.1. The van der Waals surface area contributed by atoms with Crippen LogP contribution in [0.3, 0.4) is 0 Å². The Morgan fingerprint density at radius 1 is 0.915 bits per heavy atom. The summed E-state index contributed by atoms with van der Waals surface area (Å²) in [6.07, 6.45) is 5.17. The number of nitrogens with zero attached hydrogens (tertiary/aromatic N) is 2. The summed E-state index contributed by atoms with van der Waals surface area (Å²) in [7, 11) is 0.